The van der Waals surface area contributed by atoms with Crippen molar-refractivity contribution in [3.63, 3.8) is 0 Å². The van der Waals surface area contributed by atoms with Gasteiger partial charge in [0, 0.05) is 25.1 Å². The van der Waals surface area contributed by atoms with Crippen LogP contribution >= 0.6 is 0 Å². The molecule has 0 aromatic heterocycles. The second kappa shape index (κ2) is 6.96. The molecule has 0 aliphatic carbocycles. The lowest BCUT2D eigenvalue weighted by Crippen LogP contribution is -2.36. The van der Waals surface area contributed by atoms with E-state index in [1.54, 1.807) is 21.3 Å². The van der Waals surface area contributed by atoms with Crippen LogP contribution < -0.4 is 26.1 Å². The number of rotatable bonds is 6. The SMILES string of the molecule is CNNC(=O)CC(N)c1cc(OC)c(C)cc1OC. The number of amides is 1. The minimum Gasteiger partial charge on any atom is -0.496 e. The molecule has 1 amide bonds. The van der Waals surface area contributed by atoms with Crippen LogP contribution in [0.25, 0.3) is 0 Å². The van der Waals surface area contributed by atoms with Crippen molar-refractivity contribution in [3.8, 4) is 11.5 Å². The van der Waals surface area contributed by atoms with Crippen molar-refractivity contribution in [2.45, 2.75) is 19.4 Å². The van der Waals surface area contributed by atoms with E-state index in [0.29, 0.717) is 5.75 Å². The molecule has 0 aliphatic rings. The lowest BCUT2D eigenvalue weighted by Gasteiger charge is -2.18. The maximum absolute atomic E-state index is 11.5. The van der Waals surface area contributed by atoms with Crippen molar-refractivity contribution in [1.82, 2.24) is 10.9 Å². The molecule has 106 valence electrons. The number of hydrazine groups is 1. The van der Waals surface area contributed by atoms with Crippen LogP contribution in [-0.4, -0.2) is 27.2 Å². The van der Waals surface area contributed by atoms with Crippen molar-refractivity contribution in [2.75, 3.05) is 21.3 Å². The van der Waals surface area contributed by atoms with Crippen LogP contribution in [0.1, 0.15) is 23.6 Å². The average molecular weight is 267 g/mol. The third-order valence-electron chi connectivity index (χ3n) is 2.82. The summed E-state index contributed by atoms with van der Waals surface area (Å²) in [6, 6.07) is 3.20. The number of nitrogens with two attached hydrogens (primary N) is 1. The molecule has 0 saturated heterocycles. The normalized spacial score (nSPS) is 11.8. The Morgan fingerprint density at radius 3 is 2.47 bits per heavy atom. The Labute approximate surface area is 113 Å². The minimum absolute atomic E-state index is 0.156. The number of hydrogen-bond acceptors (Lipinski definition) is 5. The molecular weight excluding hydrogens is 246 g/mol. The van der Waals surface area contributed by atoms with Crippen molar-refractivity contribution >= 4 is 5.91 Å². The number of benzene rings is 1. The van der Waals surface area contributed by atoms with Crippen LogP contribution in [0.4, 0.5) is 0 Å². The first kappa shape index (κ1) is 15.3. The zero-order valence-electron chi connectivity index (χ0n) is 11.7. The largest absolute Gasteiger partial charge is 0.496 e. The van der Waals surface area contributed by atoms with Crippen molar-refractivity contribution in [1.29, 1.82) is 0 Å². The Bertz CT molecular complexity index is 449. The highest BCUT2D eigenvalue weighted by Gasteiger charge is 2.17. The van der Waals surface area contributed by atoms with Crippen LogP contribution in [0.5, 0.6) is 11.5 Å². The molecule has 1 rings (SSSR count). The summed E-state index contributed by atoms with van der Waals surface area (Å²) in [4.78, 5) is 11.5. The van der Waals surface area contributed by atoms with Crippen molar-refractivity contribution in [2.24, 2.45) is 5.73 Å². The molecule has 0 heterocycles. The zero-order chi connectivity index (χ0) is 14.4. The van der Waals surface area contributed by atoms with Gasteiger partial charge in [0.1, 0.15) is 11.5 Å². The number of methoxy groups -OCH3 is 2. The van der Waals surface area contributed by atoms with Crippen LogP contribution in [0, 0.1) is 6.92 Å². The first-order chi connectivity index (χ1) is 9.03. The molecule has 0 bridgehead atoms. The van der Waals surface area contributed by atoms with E-state index in [4.69, 9.17) is 15.2 Å². The first-order valence-electron chi connectivity index (χ1n) is 5.97. The van der Waals surface area contributed by atoms with Gasteiger partial charge in [-0.25, -0.2) is 5.43 Å². The summed E-state index contributed by atoms with van der Waals surface area (Å²) < 4.78 is 10.6. The highest BCUT2D eigenvalue weighted by atomic mass is 16.5. The van der Waals surface area contributed by atoms with E-state index in [0.717, 1.165) is 16.9 Å². The fraction of sp³-hybridized carbons (Fsp3) is 0.462. The van der Waals surface area contributed by atoms with Gasteiger partial charge in [0.05, 0.1) is 14.2 Å². The number of nitrogens with one attached hydrogen (secondary N) is 2. The van der Waals surface area contributed by atoms with Gasteiger partial charge >= 0.3 is 0 Å². The smallest absolute Gasteiger partial charge is 0.235 e. The molecular formula is C13H21N3O3. The molecule has 1 unspecified atom stereocenters. The van der Waals surface area contributed by atoms with Crippen LogP contribution in [0.2, 0.25) is 0 Å². The fourth-order valence-electron chi connectivity index (χ4n) is 1.86. The molecule has 0 fully saturated rings. The van der Waals surface area contributed by atoms with Crippen LogP contribution in [0.15, 0.2) is 12.1 Å². The van der Waals surface area contributed by atoms with E-state index in [1.807, 2.05) is 19.1 Å². The lowest BCUT2D eigenvalue weighted by atomic mass is 10.0. The summed E-state index contributed by atoms with van der Waals surface area (Å²) >= 11 is 0. The van der Waals surface area contributed by atoms with Crippen molar-refractivity contribution in [3.05, 3.63) is 23.3 Å². The highest BCUT2D eigenvalue weighted by Crippen LogP contribution is 2.32. The zero-order valence-corrected chi connectivity index (χ0v) is 11.7. The van der Waals surface area contributed by atoms with Gasteiger partial charge < -0.3 is 15.2 Å². The predicted molar refractivity (Wildman–Crippen MR) is 73.0 cm³/mol. The summed E-state index contributed by atoms with van der Waals surface area (Å²) in [7, 11) is 4.79. The number of ether oxygens (including phenoxy) is 2. The highest BCUT2D eigenvalue weighted by molar-refractivity contribution is 5.76. The van der Waals surface area contributed by atoms with Gasteiger partial charge in [-0.2, -0.15) is 0 Å². The Balaban J connectivity index is 3.00. The Hall–Kier alpha value is -1.79. The molecule has 6 heteroatoms. The van der Waals surface area contributed by atoms with Gasteiger partial charge in [-0.15, -0.1) is 0 Å². The van der Waals surface area contributed by atoms with Crippen LogP contribution in [0.3, 0.4) is 0 Å². The Morgan fingerprint density at radius 1 is 1.32 bits per heavy atom. The van der Waals surface area contributed by atoms with E-state index in [-0.39, 0.29) is 12.3 Å². The molecule has 1 aromatic carbocycles. The molecule has 1 atom stereocenters. The van der Waals surface area contributed by atoms with E-state index >= 15 is 0 Å². The summed E-state index contributed by atoms with van der Waals surface area (Å²) in [5.74, 6) is 1.19. The fourth-order valence-corrected chi connectivity index (χ4v) is 1.86. The van der Waals surface area contributed by atoms with E-state index in [9.17, 15) is 4.79 Å². The third-order valence-corrected chi connectivity index (χ3v) is 2.82. The van der Waals surface area contributed by atoms with Crippen molar-refractivity contribution < 1.29 is 14.3 Å². The summed E-state index contributed by atoms with van der Waals surface area (Å²) in [6.07, 6.45) is 0.156. The first-order valence-corrected chi connectivity index (χ1v) is 5.97. The molecule has 6 nitrogen and oxygen atoms in total. The van der Waals surface area contributed by atoms with Gasteiger partial charge in [0.15, 0.2) is 0 Å². The van der Waals surface area contributed by atoms with Gasteiger partial charge in [0.2, 0.25) is 5.91 Å². The molecule has 0 saturated carbocycles. The van der Waals surface area contributed by atoms with Gasteiger partial charge in [-0.1, -0.05) is 0 Å². The maximum Gasteiger partial charge on any atom is 0.235 e. The molecule has 0 radical (unpaired) electrons. The van der Waals surface area contributed by atoms with E-state index in [1.165, 1.54) is 0 Å². The van der Waals surface area contributed by atoms with E-state index < -0.39 is 6.04 Å². The predicted octanol–water partition coefficient (Wildman–Crippen LogP) is 0.653. The van der Waals surface area contributed by atoms with E-state index in [2.05, 4.69) is 10.9 Å². The molecule has 19 heavy (non-hydrogen) atoms. The molecule has 4 N–H and O–H groups in total. The number of carbonyl (C=O) groups excluding carboxylic acids is 1. The lowest BCUT2D eigenvalue weighted by molar-refractivity contribution is -0.122. The molecule has 0 spiro atoms. The quantitative estimate of drug-likeness (QED) is 0.659. The summed E-state index contributed by atoms with van der Waals surface area (Å²) in [5.41, 5.74) is 12.8. The summed E-state index contributed by atoms with van der Waals surface area (Å²) in [6.45, 7) is 1.92. The third kappa shape index (κ3) is 3.84. The topological polar surface area (TPSA) is 85.6 Å². The Kier molecular flexibility index (Phi) is 5.59. The second-order valence-electron chi connectivity index (χ2n) is 4.17. The monoisotopic (exact) mass is 267 g/mol. The summed E-state index contributed by atoms with van der Waals surface area (Å²) in [5, 5.41) is 0. The number of carbonyl (C=O) groups is 1. The van der Waals surface area contributed by atoms with Gasteiger partial charge in [0.25, 0.3) is 0 Å². The molecule has 0 aliphatic heterocycles. The molecule has 1 aromatic rings. The Morgan fingerprint density at radius 2 is 1.95 bits per heavy atom. The minimum atomic E-state index is -0.460. The van der Waals surface area contributed by atoms with Gasteiger partial charge in [-0.05, 0) is 24.6 Å². The number of aryl methyl sites for hydroxylation is 1. The van der Waals surface area contributed by atoms with Crippen LogP contribution in [-0.2, 0) is 4.79 Å². The van der Waals surface area contributed by atoms with Gasteiger partial charge in [-0.3, -0.25) is 10.2 Å². The maximum atomic E-state index is 11.5. The standard InChI is InChI=1S/C13H21N3O3/c1-8-5-12(19-4)9(6-11(8)18-3)10(14)7-13(17)16-15-2/h5-6,10,15H,7,14H2,1-4H3,(H,16,17). The second-order valence-corrected chi connectivity index (χ2v) is 4.17. The number of hydrogen-bond donors (Lipinski definition) is 3. The average Bonchev–Trinajstić information content (AvgIpc) is 2.38.